The lowest BCUT2D eigenvalue weighted by Crippen LogP contribution is -2.48. The van der Waals surface area contributed by atoms with Crippen LogP contribution in [0.2, 0.25) is 0 Å². The molecule has 0 aliphatic heterocycles. The number of hydrogen-bond donors (Lipinski definition) is 1. The molecule has 1 rings (SSSR count). The van der Waals surface area contributed by atoms with Crippen molar-refractivity contribution in [3.05, 3.63) is 0 Å². The molecular formula is C15H32N2O. The Hall–Kier alpha value is -0.120. The number of ether oxygens (including phenoxy) is 1. The van der Waals surface area contributed by atoms with Crippen LogP contribution in [0.25, 0.3) is 0 Å². The Labute approximate surface area is 113 Å². The Bertz CT molecular complexity index is 211. The van der Waals surface area contributed by atoms with E-state index in [9.17, 15) is 0 Å². The summed E-state index contributed by atoms with van der Waals surface area (Å²) in [6, 6.07) is 0.681. The molecule has 3 atom stereocenters. The minimum Gasteiger partial charge on any atom is -0.383 e. The molecule has 18 heavy (non-hydrogen) atoms. The Balaban J connectivity index is 2.58. The molecule has 108 valence electrons. The molecule has 0 spiro atoms. The van der Waals surface area contributed by atoms with E-state index in [0.717, 1.165) is 32.2 Å². The quantitative estimate of drug-likeness (QED) is 0.725. The smallest absolute Gasteiger partial charge is 0.0589 e. The molecule has 0 radical (unpaired) electrons. The van der Waals surface area contributed by atoms with E-state index in [1.807, 2.05) is 0 Å². The SMILES string of the molecule is CCCC1CCC(CN)C(N(CC)CCOC)C1. The molecule has 0 aromatic carbocycles. The van der Waals surface area contributed by atoms with Crippen molar-refractivity contribution in [2.24, 2.45) is 17.6 Å². The maximum Gasteiger partial charge on any atom is 0.0589 e. The van der Waals surface area contributed by atoms with Crippen molar-refractivity contribution in [2.75, 3.05) is 33.4 Å². The van der Waals surface area contributed by atoms with Gasteiger partial charge < -0.3 is 10.5 Å². The van der Waals surface area contributed by atoms with Crippen molar-refractivity contribution in [1.82, 2.24) is 4.90 Å². The van der Waals surface area contributed by atoms with Crippen LogP contribution in [0.5, 0.6) is 0 Å². The zero-order chi connectivity index (χ0) is 13.4. The zero-order valence-electron chi connectivity index (χ0n) is 12.5. The van der Waals surface area contributed by atoms with Gasteiger partial charge in [-0.05, 0) is 37.8 Å². The predicted octanol–water partition coefficient (Wildman–Crippen LogP) is 2.50. The number of nitrogens with two attached hydrogens (primary N) is 1. The normalized spacial score (nSPS) is 28.8. The van der Waals surface area contributed by atoms with Crippen LogP contribution in [0, 0.1) is 11.8 Å². The fourth-order valence-electron chi connectivity index (χ4n) is 3.45. The molecule has 0 amide bonds. The highest BCUT2D eigenvalue weighted by atomic mass is 16.5. The molecule has 0 bridgehead atoms. The molecule has 3 nitrogen and oxygen atoms in total. The average molecular weight is 256 g/mol. The second kappa shape index (κ2) is 8.89. The molecule has 0 saturated heterocycles. The van der Waals surface area contributed by atoms with E-state index >= 15 is 0 Å². The summed E-state index contributed by atoms with van der Waals surface area (Å²) in [6.07, 6.45) is 6.74. The van der Waals surface area contributed by atoms with E-state index in [0.29, 0.717) is 12.0 Å². The molecule has 0 aromatic heterocycles. The number of methoxy groups -OCH3 is 1. The first-order valence-corrected chi connectivity index (χ1v) is 7.69. The molecule has 3 heteroatoms. The fourth-order valence-corrected chi connectivity index (χ4v) is 3.45. The van der Waals surface area contributed by atoms with Crippen molar-refractivity contribution >= 4 is 0 Å². The summed E-state index contributed by atoms with van der Waals surface area (Å²) in [4.78, 5) is 2.59. The maximum atomic E-state index is 5.98. The zero-order valence-corrected chi connectivity index (χ0v) is 12.5. The number of rotatable bonds is 8. The van der Waals surface area contributed by atoms with Crippen LogP contribution in [-0.4, -0.2) is 44.3 Å². The third kappa shape index (κ3) is 4.52. The summed E-state index contributed by atoms with van der Waals surface area (Å²) < 4.78 is 5.24. The first kappa shape index (κ1) is 15.9. The lowest BCUT2D eigenvalue weighted by molar-refractivity contribution is 0.0587. The van der Waals surface area contributed by atoms with Crippen LogP contribution in [0.4, 0.5) is 0 Å². The van der Waals surface area contributed by atoms with Crippen molar-refractivity contribution in [1.29, 1.82) is 0 Å². The Morgan fingerprint density at radius 2 is 2.06 bits per heavy atom. The van der Waals surface area contributed by atoms with E-state index in [1.165, 1.54) is 32.1 Å². The van der Waals surface area contributed by atoms with Crippen molar-refractivity contribution in [2.45, 2.75) is 52.0 Å². The van der Waals surface area contributed by atoms with E-state index in [1.54, 1.807) is 7.11 Å². The highest BCUT2D eigenvalue weighted by Crippen LogP contribution is 2.34. The van der Waals surface area contributed by atoms with Gasteiger partial charge in [-0.1, -0.05) is 33.1 Å². The maximum absolute atomic E-state index is 5.98. The summed E-state index contributed by atoms with van der Waals surface area (Å²) in [7, 11) is 1.79. The molecular weight excluding hydrogens is 224 g/mol. The van der Waals surface area contributed by atoms with E-state index in [4.69, 9.17) is 10.5 Å². The summed E-state index contributed by atoms with van der Waals surface area (Å²) in [6.45, 7) is 8.39. The Kier molecular flexibility index (Phi) is 7.87. The Morgan fingerprint density at radius 1 is 1.28 bits per heavy atom. The summed E-state index contributed by atoms with van der Waals surface area (Å²) in [5.74, 6) is 1.61. The number of nitrogens with zero attached hydrogens (tertiary/aromatic N) is 1. The van der Waals surface area contributed by atoms with Crippen molar-refractivity contribution in [3.8, 4) is 0 Å². The molecule has 3 unspecified atom stereocenters. The molecule has 1 saturated carbocycles. The van der Waals surface area contributed by atoms with Crippen LogP contribution >= 0.6 is 0 Å². The highest BCUT2D eigenvalue weighted by Gasteiger charge is 2.32. The van der Waals surface area contributed by atoms with Crippen molar-refractivity contribution in [3.63, 3.8) is 0 Å². The Morgan fingerprint density at radius 3 is 2.61 bits per heavy atom. The first-order valence-electron chi connectivity index (χ1n) is 7.69. The third-order valence-corrected chi connectivity index (χ3v) is 4.52. The topological polar surface area (TPSA) is 38.5 Å². The average Bonchev–Trinajstić information content (AvgIpc) is 2.40. The van der Waals surface area contributed by atoms with Crippen LogP contribution in [-0.2, 0) is 4.74 Å². The molecule has 1 aliphatic carbocycles. The lowest BCUT2D eigenvalue weighted by atomic mass is 9.76. The lowest BCUT2D eigenvalue weighted by Gasteiger charge is -2.42. The molecule has 1 aliphatic rings. The van der Waals surface area contributed by atoms with Crippen LogP contribution in [0.3, 0.4) is 0 Å². The van der Waals surface area contributed by atoms with Gasteiger partial charge in [-0.2, -0.15) is 0 Å². The van der Waals surface area contributed by atoms with Crippen molar-refractivity contribution < 1.29 is 4.74 Å². The van der Waals surface area contributed by atoms with Gasteiger partial charge in [0.15, 0.2) is 0 Å². The predicted molar refractivity (Wildman–Crippen MR) is 77.7 cm³/mol. The third-order valence-electron chi connectivity index (χ3n) is 4.52. The second-order valence-electron chi connectivity index (χ2n) is 5.65. The van der Waals surface area contributed by atoms with Gasteiger partial charge in [0.05, 0.1) is 6.61 Å². The fraction of sp³-hybridized carbons (Fsp3) is 1.00. The molecule has 0 heterocycles. The van der Waals surface area contributed by atoms with Gasteiger partial charge in [-0.3, -0.25) is 4.90 Å². The van der Waals surface area contributed by atoms with Gasteiger partial charge >= 0.3 is 0 Å². The first-order chi connectivity index (χ1) is 8.76. The summed E-state index contributed by atoms with van der Waals surface area (Å²) in [5, 5.41) is 0. The van der Waals surface area contributed by atoms with Gasteiger partial charge in [0.25, 0.3) is 0 Å². The van der Waals surface area contributed by atoms with Crippen LogP contribution < -0.4 is 5.73 Å². The molecule has 0 aromatic rings. The van der Waals surface area contributed by atoms with Gasteiger partial charge in [-0.25, -0.2) is 0 Å². The summed E-state index contributed by atoms with van der Waals surface area (Å²) >= 11 is 0. The van der Waals surface area contributed by atoms with Gasteiger partial charge in [0, 0.05) is 19.7 Å². The molecule has 1 fully saturated rings. The summed E-state index contributed by atoms with van der Waals surface area (Å²) in [5.41, 5.74) is 5.98. The highest BCUT2D eigenvalue weighted by molar-refractivity contribution is 4.87. The van der Waals surface area contributed by atoms with Crippen LogP contribution in [0.15, 0.2) is 0 Å². The van der Waals surface area contributed by atoms with Gasteiger partial charge in [-0.15, -0.1) is 0 Å². The standard InChI is InChI=1S/C15H32N2O/c1-4-6-13-7-8-14(12-16)15(11-13)17(5-2)9-10-18-3/h13-15H,4-12,16H2,1-3H3. The van der Waals surface area contributed by atoms with E-state index < -0.39 is 0 Å². The monoisotopic (exact) mass is 256 g/mol. The van der Waals surface area contributed by atoms with Gasteiger partial charge in [0.2, 0.25) is 0 Å². The largest absolute Gasteiger partial charge is 0.383 e. The van der Waals surface area contributed by atoms with E-state index in [2.05, 4.69) is 18.7 Å². The van der Waals surface area contributed by atoms with E-state index in [-0.39, 0.29) is 0 Å². The van der Waals surface area contributed by atoms with Gasteiger partial charge in [0.1, 0.15) is 0 Å². The number of hydrogen-bond acceptors (Lipinski definition) is 3. The van der Waals surface area contributed by atoms with Crippen LogP contribution in [0.1, 0.15) is 46.0 Å². The number of likely N-dealkylation sites (N-methyl/N-ethyl adjacent to an activating group) is 1. The second-order valence-corrected chi connectivity index (χ2v) is 5.65. The minimum atomic E-state index is 0.681. The molecule has 2 N–H and O–H groups in total. The minimum absolute atomic E-state index is 0.681.